The lowest BCUT2D eigenvalue weighted by atomic mass is 10.3. The Kier molecular flexibility index (Phi) is 1.28. The largest absolute Gasteiger partial charge is 0.377 e. The summed E-state index contributed by atoms with van der Waals surface area (Å²) in [5, 5.41) is 3.15. The Morgan fingerprint density at radius 2 is 2.57 bits per heavy atom. The van der Waals surface area contributed by atoms with E-state index in [1.165, 1.54) is 6.42 Å². The molecule has 0 aromatic rings. The Morgan fingerprint density at radius 3 is 2.71 bits per heavy atom. The van der Waals surface area contributed by atoms with Crippen molar-refractivity contribution in [2.45, 2.75) is 25.8 Å². The Labute approximate surface area is 49.1 Å². The molecule has 0 saturated carbocycles. The fraction of sp³-hybridized carbons (Fsp3) is 0.800. The number of hydrogen-bond acceptors (Lipinski definition) is 1. The number of hydrogen-bond donors (Lipinski definition) is 1. The van der Waals surface area contributed by atoms with Crippen LogP contribution in [0.5, 0.6) is 0 Å². The molecule has 0 spiro atoms. The van der Waals surface area contributed by atoms with E-state index in [9.17, 15) is 0 Å². The highest BCUT2D eigenvalue weighted by Crippen LogP contribution is 2.05. The first-order valence-electron chi connectivity index (χ1n) is 2.58. The standard InChI is InChI=1S/C5H9NS/c1-4-2-3-5(7)6-4/h4H,2-3H2,1H3,(H,6,7). The van der Waals surface area contributed by atoms with Gasteiger partial charge in [0.25, 0.3) is 0 Å². The average molecular weight is 115 g/mol. The Balaban J connectivity index is 2.40. The van der Waals surface area contributed by atoms with Gasteiger partial charge in [0, 0.05) is 6.04 Å². The summed E-state index contributed by atoms with van der Waals surface area (Å²) in [4.78, 5) is 1.03. The molecule has 0 amide bonds. The topological polar surface area (TPSA) is 12.0 Å². The monoisotopic (exact) mass is 115 g/mol. The van der Waals surface area contributed by atoms with Crippen LogP contribution in [0.25, 0.3) is 0 Å². The predicted molar refractivity (Wildman–Crippen MR) is 34.4 cm³/mol. The molecule has 1 saturated heterocycles. The second kappa shape index (κ2) is 1.78. The molecule has 1 N–H and O–H groups in total. The molecule has 1 rings (SSSR count). The molecular weight excluding hydrogens is 106 g/mol. The van der Waals surface area contributed by atoms with Crippen molar-refractivity contribution in [3.05, 3.63) is 0 Å². The molecule has 0 aromatic heterocycles. The van der Waals surface area contributed by atoms with Crippen LogP contribution in [0.4, 0.5) is 0 Å². The number of rotatable bonds is 0. The first kappa shape index (κ1) is 5.04. The lowest BCUT2D eigenvalue weighted by molar-refractivity contribution is 0.692. The van der Waals surface area contributed by atoms with Crippen LogP contribution in [0.15, 0.2) is 0 Å². The zero-order valence-electron chi connectivity index (χ0n) is 4.40. The molecular formula is C5H9NS. The fourth-order valence-corrected chi connectivity index (χ4v) is 1.09. The summed E-state index contributed by atoms with van der Waals surface area (Å²) < 4.78 is 0. The van der Waals surface area contributed by atoms with Crippen molar-refractivity contribution >= 4 is 17.2 Å². The third kappa shape index (κ3) is 1.13. The Morgan fingerprint density at radius 1 is 1.86 bits per heavy atom. The maximum Gasteiger partial charge on any atom is 0.0756 e. The van der Waals surface area contributed by atoms with Gasteiger partial charge in [-0.1, -0.05) is 12.2 Å². The van der Waals surface area contributed by atoms with E-state index < -0.39 is 0 Å². The van der Waals surface area contributed by atoms with Gasteiger partial charge < -0.3 is 5.32 Å². The molecule has 1 aliphatic rings. The summed E-state index contributed by atoms with van der Waals surface area (Å²) in [5.74, 6) is 0. The van der Waals surface area contributed by atoms with Crippen LogP contribution in [-0.2, 0) is 0 Å². The van der Waals surface area contributed by atoms with E-state index >= 15 is 0 Å². The molecule has 1 fully saturated rings. The summed E-state index contributed by atoms with van der Waals surface area (Å²) in [7, 11) is 0. The first-order chi connectivity index (χ1) is 3.29. The smallest absolute Gasteiger partial charge is 0.0756 e. The average Bonchev–Trinajstić information content (AvgIpc) is 1.87. The van der Waals surface area contributed by atoms with Gasteiger partial charge in [-0.15, -0.1) is 0 Å². The van der Waals surface area contributed by atoms with Crippen molar-refractivity contribution in [1.29, 1.82) is 0 Å². The molecule has 0 radical (unpaired) electrons. The number of nitrogens with one attached hydrogen (secondary N) is 1. The van der Waals surface area contributed by atoms with E-state index in [4.69, 9.17) is 12.2 Å². The highest BCUT2D eigenvalue weighted by molar-refractivity contribution is 7.80. The predicted octanol–water partition coefficient (Wildman–Crippen LogP) is 1.09. The Bertz CT molecular complexity index is 90.1. The van der Waals surface area contributed by atoms with Gasteiger partial charge >= 0.3 is 0 Å². The van der Waals surface area contributed by atoms with Crippen LogP contribution in [0.2, 0.25) is 0 Å². The van der Waals surface area contributed by atoms with E-state index in [2.05, 4.69) is 12.2 Å². The van der Waals surface area contributed by atoms with Crippen LogP contribution in [-0.4, -0.2) is 11.0 Å². The van der Waals surface area contributed by atoms with Crippen molar-refractivity contribution < 1.29 is 0 Å². The van der Waals surface area contributed by atoms with Gasteiger partial charge in [-0.3, -0.25) is 0 Å². The third-order valence-corrected chi connectivity index (χ3v) is 1.53. The maximum atomic E-state index is 4.88. The molecule has 1 unspecified atom stereocenters. The summed E-state index contributed by atoms with van der Waals surface area (Å²) >= 11 is 4.88. The number of thiocarbonyl (C=S) groups is 1. The molecule has 2 heteroatoms. The second-order valence-corrected chi connectivity index (χ2v) is 2.50. The molecule has 0 aromatic carbocycles. The normalized spacial score (nSPS) is 30.4. The van der Waals surface area contributed by atoms with Crippen molar-refractivity contribution in [1.82, 2.24) is 5.32 Å². The Hall–Kier alpha value is -0.110. The minimum Gasteiger partial charge on any atom is -0.377 e. The van der Waals surface area contributed by atoms with Crippen molar-refractivity contribution in [2.24, 2.45) is 0 Å². The molecule has 7 heavy (non-hydrogen) atoms. The molecule has 1 atom stereocenters. The van der Waals surface area contributed by atoms with Gasteiger partial charge in [-0.2, -0.15) is 0 Å². The molecule has 1 heterocycles. The molecule has 0 aliphatic carbocycles. The van der Waals surface area contributed by atoms with Gasteiger partial charge in [-0.25, -0.2) is 0 Å². The molecule has 1 aliphatic heterocycles. The van der Waals surface area contributed by atoms with E-state index in [0.29, 0.717) is 6.04 Å². The van der Waals surface area contributed by atoms with Crippen LogP contribution >= 0.6 is 12.2 Å². The van der Waals surface area contributed by atoms with Gasteiger partial charge in [0.2, 0.25) is 0 Å². The van der Waals surface area contributed by atoms with E-state index in [-0.39, 0.29) is 0 Å². The van der Waals surface area contributed by atoms with Gasteiger partial charge in [0.15, 0.2) is 0 Å². The third-order valence-electron chi connectivity index (χ3n) is 1.21. The zero-order chi connectivity index (χ0) is 5.28. The SMILES string of the molecule is CC1CCC(=S)N1. The van der Waals surface area contributed by atoms with Crippen LogP contribution < -0.4 is 5.32 Å². The summed E-state index contributed by atoms with van der Waals surface area (Å²) in [6.45, 7) is 2.15. The zero-order valence-corrected chi connectivity index (χ0v) is 5.22. The lowest BCUT2D eigenvalue weighted by Gasteiger charge is -1.97. The molecule has 40 valence electrons. The van der Waals surface area contributed by atoms with E-state index in [1.54, 1.807) is 0 Å². The fourth-order valence-electron chi connectivity index (χ4n) is 0.767. The quantitative estimate of drug-likeness (QED) is 0.474. The van der Waals surface area contributed by atoms with Crippen molar-refractivity contribution in [3.63, 3.8) is 0 Å². The van der Waals surface area contributed by atoms with E-state index in [1.807, 2.05) is 0 Å². The van der Waals surface area contributed by atoms with Crippen LogP contribution in [0.3, 0.4) is 0 Å². The first-order valence-corrected chi connectivity index (χ1v) is 2.99. The summed E-state index contributed by atoms with van der Waals surface area (Å²) in [6.07, 6.45) is 2.31. The minimum absolute atomic E-state index is 0.632. The highest BCUT2D eigenvalue weighted by Gasteiger charge is 2.11. The second-order valence-electron chi connectivity index (χ2n) is 2.01. The van der Waals surface area contributed by atoms with Crippen molar-refractivity contribution in [3.8, 4) is 0 Å². The summed E-state index contributed by atoms with van der Waals surface area (Å²) in [5.41, 5.74) is 0. The van der Waals surface area contributed by atoms with Crippen LogP contribution in [0.1, 0.15) is 19.8 Å². The van der Waals surface area contributed by atoms with Crippen LogP contribution in [0, 0.1) is 0 Å². The van der Waals surface area contributed by atoms with Gasteiger partial charge in [0.1, 0.15) is 0 Å². The molecule has 0 bridgehead atoms. The minimum atomic E-state index is 0.632. The van der Waals surface area contributed by atoms with E-state index in [0.717, 1.165) is 11.4 Å². The maximum absolute atomic E-state index is 4.88. The molecule has 1 nitrogen and oxygen atoms in total. The van der Waals surface area contributed by atoms with Crippen molar-refractivity contribution in [2.75, 3.05) is 0 Å². The van der Waals surface area contributed by atoms with Gasteiger partial charge in [-0.05, 0) is 19.8 Å². The summed E-state index contributed by atoms with van der Waals surface area (Å²) in [6, 6.07) is 0.632. The highest BCUT2D eigenvalue weighted by atomic mass is 32.1. The lowest BCUT2D eigenvalue weighted by Crippen LogP contribution is -2.20. The van der Waals surface area contributed by atoms with Gasteiger partial charge in [0.05, 0.1) is 4.99 Å².